The fraction of sp³-hybridized carbons (Fsp3) is 1.00. The van der Waals surface area contributed by atoms with Crippen LogP contribution in [-0.2, 0) is 0 Å². The van der Waals surface area contributed by atoms with Gasteiger partial charge in [0, 0.05) is 24.7 Å². The summed E-state index contributed by atoms with van der Waals surface area (Å²) in [5.74, 6) is 2.58. The van der Waals surface area contributed by atoms with Crippen LogP contribution in [0.4, 0.5) is 0 Å². The maximum atomic E-state index is 2.53. The molecule has 1 aliphatic rings. The fourth-order valence-corrected chi connectivity index (χ4v) is 2.24. The van der Waals surface area contributed by atoms with Crippen molar-refractivity contribution in [2.45, 2.75) is 20.8 Å². The normalized spacial score (nSPS) is 21.9. The van der Waals surface area contributed by atoms with Gasteiger partial charge in [-0.05, 0) is 5.41 Å². The Hall–Kier alpha value is 0.310. The number of nitrogens with zero attached hydrogens (tertiary/aromatic N) is 1. The van der Waals surface area contributed by atoms with E-state index in [1.54, 1.807) is 0 Å². The summed E-state index contributed by atoms with van der Waals surface area (Å²) in [5.41, 5.74) is 0.477. The zero-order chi connectivity index (χ0) is 7.61. The highest BCUT2D eigenvalue weighted by Crippen LogP contribution is 2.20. The quantitative estimate of drug-likeness (QED) is 0.576. The van der Waals surface area contributed by atoms with E-state index in [4.69, 9.17) is 0 Å². The lowest BCUT2D eigenvalue weighted by atomic mass is 9.96. The van der Waals surface area contributed by atoms with E-state index < -0.39 is 0 Å². The number of hydrogen-bond acceptors (Lipinski definition) is 2. The van der Waals surface area contributed by atoms with Crippen LogP contribution < -0.4 is 0 Å². The molecule has 0 aliphatic carbocycles. The first-order valence-corrected chi connectivity index (χ1v) is 5.03. The molecule has 0 radical (unpaired) electrons. The molecule has 1 aliphatic heterocycles. The van der Waals surface area contributed by atoms with Crippen LogP contribution in [0.5, 0.6) is 0 Å². The Balaban J connectivity index is 2.24. The van der Waals surface area contributed by atoms with E-state index in [1.807, 2.05) is 11.8 Å². The summed E-state index contributed by atoms with van der Waals surface area (Å²) < 4.78 is 0. The average Bonchev–Trinajstić information content (AvgIpc) is 2.12. The van der Waals surface area contributed by atoms with Crippen molar-refractivity contribution in [3.05, 3.63) is 0 Å². The molecule has 0 aromatic carbocycles. The van der Waals surface area contributed by atoms with Crippen molar-refractivity contribution in [2.24, 2.45) is 5.41 Å². The molecular formula is C8H17NS. The molecule has 1 heterocycles. The van der Waals surface area contributed by atoms with Crippen LogP contribution in [0.1, 0.15) is 20.8 Å². The predicted molar refractivity (Wildman–Crippen MR) is 48.4 cm³/mol. The van der Waals surface area contributed by atoms with Crippen molar-refractivity contribution < 1.29 is 0 Å². The van der Waals surface area contributed by atoms with E-state index >= 15 is 0 Å². The van der Waals surface area contributed by atoms with E-state index in [0.717, 1.165) is 0 Å². The minimum absolute atomic E-state index is 0.477. The predicted octanol–water partition coefficient (Wildman–Crippen LogP) is 2.04. The molecule has 0 aromatic heterocycles. The maximum absolute atomic E-state index is 2.53. The third kappa shape index (κ3) is 2.93. The van der Waals surface area contributed by atoms with Gasteiger partial charge in [-0.25, -0.2) is 0 Å². The molecule has 1 nitrogen and oxygen atoms in total. The third-order valence-corrected chi connectivity index (χ3v) is 2.54. The molecule has 0 bridgehead atoms. The lowest BCUT2D eigenvalue weighted by molar-refractivity contribution is 0.237. The molecular weight excluding hydrogens is 142 g/mol. The summed E-state index contributed by atoms with van der Waals surface area (Å²) in [4.78, 5) is 2.53. The molecule has 1 fully saturated rings. The van der Waals surface area contributed by atoms with E-state index in [-0.39, 0.29) is 0 Å². The number of rotatable bonds is 1. The zero-order valence-electron chi connectivity index (χ0n) is 7.18. The van der Waals surface area contributed by atoms with Crippen molar-refractivity contribution in [1.29, 1.82) is 0 Å². The molecule has 0 saturated carbocycles. The molecule has 60 valence electrons. The largest absolute Gasteiger partial charge is 0.293 e. The molecule has 0 spiro atoms. The summed E-state index contributed by atoms with van der Waals surface area (Å²) >= 11 is 2.05. The standard InChI is InChI=1S/C8H17NS/c1-8(2,3)6-9-4-5-10-7-9/h4-7H2,1-3H3. The topological polar surface area (TPSA) is 3.24 Å². The summed E-state index contributed by atoms with van der Waals surface area (Å²) in [6, 6.07) is 0. The molecule has 10 heavy (non-hydrogen) atoms. The average molecular weight is 159 g/mol. The molecule has 0 atom stereocenters. The van der Waals surface area contributed by atoms with Crippen molar-refractivity contribution in [2.75, 3.05) is 24.7 Å². The summed E-state index contributed by atoms with van der Waals surface area (Å²) in [6.07, 6.45) is 0. The van der Waals surface area contributed by atoms with Crippen molar-refractivity contribution in [1.82, 2.24) is 4.90 Å². The number of thioether (sulfide) groups is 1. The highest BCUT2D eigenvalue weighted by Gasteiger charge is 2.18. The molecule has 0 unspecified atom stereocenters. The Morgan fingerprint density at radius 2 is 2.10 bits per heavy atom. The highest BCUT2D eigenvalue weighted by molar-refractivity contribution is 7.99. The van der Waals surface area contributed by atoms with E-state index in [1.165, 1.54) is 24.7 Å². The van der Waals surface area contributed by atoms with Gasteiger partial charge in [0.2, 0.25) is 0 Å². The minimum atomic E-state index is 0.477. The van der Waals surface area contributed by atoms with Crippen molar-refractivity contribution >= 4 is 11.8 Å². The Labute approximate surface area is 68.2 Å². The molecule has 0 amide bonds. The van der Waals surface area contributed by atoms with E-state index in [9.17, 15) is 0 Å². The Morgan fingerprint density at radius 3 is 2.50 bits per heavy atom. The van der Waals surface area contributed by atoms with Crippen molar-refractivity contribution in [3.63, 3.8) is 0 Å². The van der Waals surface area contributed by atoms with Crippen LogP contribution in [-0.4, -0.2) is 29.6 Å². The van der Waals surface area contributed by atoms with Crippen LogP contribution >= 0.6 is 11.8 Å². The monoisotopic (exact) mass is 159 g/mol. The molecule has 2 heteroatoms. The first-order chi connectivity index (χ1) is 4.58. The second-order valence-electron chi connectivity index (χ2n) is 4.15. The van der Waals surface area contributed by atoms with Crippen LogP contribution in [0.15, 0.2) is 0 Å². The van der Waals surface area contributed by atoms with Gasteiger partial charge in [0.25, 0.3) is 0 Å². The Kier molecular flexibility index (Phi) is 2.64. The second-order valence-corrected chi connectivity index (χ2v) is 5.23. The van der Waals surface area contributed by atoms with Gasteiger partial charge in [0.1, 0.15) is 0 Å². The van der Waals surface area contributed by atoms with E-state index in [0.29, 0.717) is 5.41 Å². The summed E-state index contributed by atoms with van der Waals surface area (Å²) in [6.45, 7) is 9.45. The van der Waals surface area contributed by atoms with Gasteiger partial charge >= 0.3 is 0 Å². The van der Waals surface area contributed by atoms with Gasteiger partial charge in [-0.3, -0.25) is 4.90 Å². The Morgan fingerprint density at radius 1 is 1.40 bits per heavy atom. The third-order valence-electron chi connectivity index (χ3n) is 1.52. The van der Waals surface area contributed by atoms with Crippen LogP contribution in [0, 0.1) is 5.41 Å². The first-order valence-electron chi connectivity index (χ1n) is 3.88. The lowest BCUT2D eigenvalue weighted by Gasteiger charge is -2.24. The van der Waals surface area contributed by atoms with Gasteiger partial charge in [-0.2, -0.15) is 0 Å². The van der Waals surface area contributed by atoms with Crippen LogP contribution in [0.25, 0.3) is 0 Å². The zero-order valence-corrected chi connectivity index (χ0v) is 8.00. The van der Waals surface area contributed by atoms with Crippen LogP contribution in [0.3, 0.4) is 0 Å². The Bertz CT molecular complexity index is 100. The fourth-order valence-electron chi connectivity index (χ4n) is 1.25. The van der Waals surface area contributed by atoms with Crippen molar-refractivity contribution in [3.8, 4) is 0 Å². The van der Waals surface area contributed by atoms with E-state index in [2.05, 4.69) is 25.7 Å². The first kappa shape index (κ1) is 8.41. The van der Waals surface area contributed by atoms with Crippen LogP contribution in [0.2, 0.25) is 0 Å². The van der Waals surface area contributed by atoms with Gasteiger partial charge in [0.15, 0.2) is 0 Å². The summed E-state index contributed by atoms with van der Waals surface area (Å²) in [7, 11) is 0. The minimum Gasteiger partial charge on any atom is -0.293 e. The van der Waals surface area contributed by atoms with Gasteiger partial charge in [-0.15, -0.1) is 11.8 Å². The molecule has 0 N–H and O–H groups in total. The molecule has 1 saturated heterocycles. The van der Waals surface area contributed by atoms with Gasteiger partial charge in [-0.1, -0.05) is 20.8 Å². The second kappa shape index (κ2) is 3.14. The van der Waals surface area contributed by atoms with Gasteiger partial charge in [0.05, 0.1) is 0 Å². The molecule has 0 aromatic rings. The lowest BCUT2D eigenvalue weighted by Crippen LogP contribution is -2.30. The highest BCUT2D eigenvalue weighted by atomic mass is 32.2. The summed E-state index contributed by atoms with van der Waals surface area (Å²) in [5, 5.41) is 0. The maximum Gasteiger partial charge on any atom is 0.0445 e. The van der Waals surface area contributed by atoms with Gasteiger partial charge < -0.3 is 0 Å². The number of hydrogen-bond donors (Lipinski definition) is 0. The molecule has 1 rings (SSSR count). The smallest absolute Gasteiger partial charge is 0.0445 e. The SMILES string of the molecule is CC(C)(C)CN1CCSC1.